The van der Waals surface area contributed by atoms with Crippen LogP contribution in [0.25, 0.3) is 0 Å². The summed E-state index contributed by atoms with van der Waals surface area (Å²) < 4.78 is 0.531. The van der Waals surface area contributed by atoms with Crippen LogP contribution < -0.4 is 0 Å². The molecule has 2 heterocycles. The Morgan fingerprint density at radius 3 is 3.07 bits per heavy atom. The first-order valence-electron chi connectivity index (χ1n) is 3.61. The van der Waals surface area contributed by atoms with Crippen molar-refractivity contribution in [3.63, 3.8) is 0 Å². The average Bonchev–Trinajstić information content (AvgIpc) is 2.72. The molecular weight excluding hydrogens is 238 g/mol. The highest BCUT2D eigenvalue weighted by Gasteiger charge is 2.01. The number of nitrogens with one attached hydrogen (secondary N) is 1. The summed E-state index contributed by atoms with van der Waals surface area (Å²) in [5.74, 6) is 0.0558. The van der Waals surface area contributed by atoms with Gasteiger partial charge in [-0.1, -0.05) is 11.3 Å². The van der Waals surface area contributed by atoms with Crippen molar-refractivity contribution in [3.8, 4) is 5.88 Å². The normalized spacial score (nSPS) is 11.1. The highest BCUT2D eigenvalue weighted by molar-refractivity contribution is 7.73. The van der Waals surface area contributed by atoms with Gasteiger partial charge in [0.05, 0.1) is 6.21 Å². The lowest BCUT2D eigenvalue weighted by Gasteiger charge is -1.85. The highest BCUT2D eigenvalue weighted by atomic mass is 32.1. The number of aliphatic imine (C=N–C) groups is 1. The number of thiazole rings is 2. The molecule has 0 aromatic carbocycles. The highest BCUT2D eigenvalue weighted by Crippen LogP contribution is 2.21. The topological polar surface area (TPSA) is 61.3 Å². The maximum Gasteiger partial charge on any atom is 0.209 e. The van der Waals surface area contributed by atoms with Gasteiger partial charge in [-0.15, -0.1) is 11.3 Å². The standard InChI is InChI=1S/C7H5N3OS3/c11-5-4(14-7(12)10-5)3-9-6-8-1-2-13-6/h1-3,11H,(H,10,12)/b9-3-. The van der Waals surface area contributed by atoms with Crippen molar-refractivity contribution in [2.24, 2.45) is 4.99 Å². The predicted molar refractivity (Wildman–Crippen MR) is 60.5 cm³/mol. The average molecular weight is 243 g/mol. The summed E-state index contributed by atoms with van der Waals surface area (Å²) in [4.78, 5) is 11.3. The van der Waals surface area contributed by atoms with E-state index in [2.05, 4.69) is 15.0 Å². The van der Waals surface area contributed by atoms with Crippen LogP contribution in [0, 0.1) is 3.95 Å². The molecule has 72 valence electrons. The third kappa shape index (κ3) is 2.06. The Morgan fingerprint density at radius 2 is 2.50 bits per heavy atom. The Labute approximate surface area is 92.6 Å². The van der Waals surface area contributed by atoms with Crippen molar-refractivity contribution < 1.29 is 5.11 Å². The second kappa shape index (κ2) is 3.99. The molecule has 4 nitrogen and oxygen atoms in total. The van der Waals surface area contributed by atoms with Gasteiger partial charge in [-0.3, -0.25) is 0 Å². The maximum absolute atomic E-state index is 9.34. The molecule has 0 aliphatic carbocycles. The summed E-state index contributed by atoms with van der Waals surface area (Å²) in [5, 5.41) is 11.8. The fourth-order valence-electron chi connectivity index (χ4n) is 0.813. The summed E-state index contributed by atoms with van der Waals surface area (Å²) in [5.41, 5.74) is 0. The van der Waals surface area contributed by atoms with Crippen LogP contribution in [0.1, 0.15) is 4.88 Å². The molecule has 0 spiro atoms. The van der Waals surface area contributed by atoms with Gasteiger partial charge >= 0.3 is 0 Å². The van der Waals surface area contributed by atoms with Gasteiger partial charge in [0.2, 0.25) is 11.0 Å². The van der Waals surface area contributed by atoms with Crippen molar-refractivity contribution in [1.29, 1.82) is 0 Å². The van der Waals surface area contributed by atoms with E-state index in [0.29, 0.717) is 14.0 Å². The molecule has 0 fully saturated rings. The summed E-state index contributed by atoms with van der Waals surface area (Å²) in [6.45, 7) is 0. The fourth-order valence-corrected chi connectivity index (χ4v) is 2.26. The van der Waals surface area contributed by atoms with Crippen LogP contribution in [-0.4, -0.2) is 21.3 Å². The molecule has 2 aromatic heterocycles. The first-order valence-corrected chi connectivity index (χ1v) is 5.72. The molecule has 0 atom stereocenters. The summed E-state index contributed by atoms with van der Waals surface area (Å²) in [6, 6.07) is 0. The lowest BCUT2D eigenvalue weighted by molar-refractivity contribution is 0.456. The number of hydrogen-bond donors (Lipinski definition) is 2. The molecule has 0 saturated heterocycles. The van der Waals surface area contributed by atoms with E-state index in [1.165, 1.54) is 22.7 Å². The fraction of sp³-hybridized carbons (Fsp3) is 0. The molecule has 14 heavy (non-hydrogen) atoms. The van der Waals surface area contributed by atoms with Crippen LogP contribution >= 0.6 is 34.9 Å². The zero-order valence-electron chi connectivity index (χ0n) is 6.80. The van der Waals surface area contributed by atoms with Crippen molar-refractivity contribution in [2.45, 2.75) is 0 Å². The minimum absolute atomic E-state index is 0.0558. The Morgan fingerprint density at radius 1 is 1.64 bits per heavy atom. The monoisotopic (exact) mass is 243 g/mol. The van der Waals surface area contributed by atoms with Crippen LogP contribution in [-0.2, 0) is 0 Å². The van der Waals surface area contributed by atoms with E-state index in [1.807, 2.05) is 5.38 Å². The number of aromatic hydroxyl groups is 1. The van der Waals surface area contributed by atoms with Crippen LogP contribution in [0.3, 0.4) is 0 Å². The van der Waals surface area contributed by atoms with E-state index in [9.17, 15) is 5.11 Å². The van der Waals surface area contributed by atoms with E-state index in [4.69, 9.17) is 12.2 Å². The van der Waals surface area contributed by atoms with Gasteiger partial charge in [-0.05, 0) is 12.2 Å². The largest absolute Gasteiger partial charge is 0.494 e. The molecule has 0 saturated carbocycles. The van der Waals surface area contributed by atoms with E-state index in [1.54, 1.807) is 12.4 Å². The molecule has 0 amide bonds. The number of rotatable bonds is 2. The first kappa shape index (κ1) is 9.50. The van der Waals surface area contributed by atoms with Gasteiger partial charge in [-0.25, -0.2) is 9.98 Å². The minimum atomic E-state index is 0.0558. The van der Waals surface area contributed by atoms with Crippen molar-refractivity contribution in [1.82, 2.24) is 9.97 Å². The molecule has 0 aliphatic heterocycles. The second-order valence-electron chi connectivity index (χ2n) is 2.30. The third-order valence-corrected chi connectivity index (χ3v) is 3.21. The molecular formula is C7H5N3OS3. The molecule has 0 bridgehead atoms. The Bertz CT molecular complexity index is 496. The lowest BCUT2D eigenvalue weighted by atomic mass is 10.6. The van der Waals surface area contributed by atoms with Crippen molar-refractivity contribution in [2.75, 3.05) is 0 Å². The maximum atomic E-state index is 9.34. The van der Waals surface area contributed by atoms with Gasteiger partial charge < -0.3 is 10.1 Å². The molecule has 0 radical (unpaired) electrons. The minimum Gasteiger partial charge on any atom is -0.494 e. The zero-order valence-corrected chi connectivity index (χ0v) is 9.25. The molecule has 0 aliphatic rings. The summed E-state index contributed by atoms with van der Waals surface area (Å²) in [7, 11) is 0. The van der Waals surface area contributed by atoms with Gasteiger partial charge in [0.25, 0.3) is 0 Å². The van der Waals surface area contributed by atoms with Crippen molar-refractivity contribution >= 4 is 46.2 Å². The van der Waals surface area contributed by atoms with Gasteiger partial charge in [0.15, 0.2) is 3.95 Å². The zero-order chi connectivity index (χ0) is 9.97. The molecule has 2 N–H and O–H groups in total. The smallest absolute Gasteiger partial charge is 0.209 e. The van der Waals surface area contributed by atoms with E-state index in [-0.39, 0.29) is 5.88 Å². The SMILES string of the molecule is Oc1[nH]c(=S)sc1/C=N\c1nccs1. The van der Waals surface area contributed by atoms with E-state index >= 15 is 0 Å². The van der Waals surface area contributed by atoms with E-state index in [0.717, 1.165) is 0 Å². The van der Waals surface area contributed by atoms with Crippen LogP contribution in [0.5, 0.6) is 5.88 Å². The molecule has 7 heteroatoms. The number of nitrogens with zero attached hydrogens (tertiary/aromatic N) is 2. The number of aromatic nitrogens is 2. The lowest BCUT2D eigenvalue weighted by Crippen LogP contribution is -1.73. The number of H-pyrrole nitrogens is 1. The molecule has 2 rings (SSSR count). The third-order valence-electron chi connectivity index (χ3n) is 1.37. The molecule has 0 unspecified atom stereocenters. The molecule has 2 aromatic rings. The Balaban J connectivity index is 2.26. The number of hydrogen-bond acceptors (Lipinski definition) is 6. The summed E-state index contributed by atoms with van der Waals surface area (Å²) >= 11 is 7.57. The van der Waals surface area contributed by atoms with Crippen molar-refractivity contribution in [3.05, 3.63) is 20.4 Å². The van der Waals surface area contributed by atoms with Gasteiger partial charge in [0, 0.05) is 11.6 Å². The van der Waals surface area contributed by atoms with Crippen LogP contribution in [0.2, 0.25) is 0 Å². The predicted octanol–water partition coefficient (Wildman–Crippen LogP) is 2.72. The first-order chi connectivity index (χ1) is 6.75. The van der Waals surface area contributed by atoms with Gasteiger partial charge in [-0.2, -0.15) is 0 Å². The second-order valence-corrected chi connectivity index (χ2v) is 4.89. The van der Waals surface area contributed by atoms with Gasteiger partial charge in [0.1, 0.15) is 4.88 Å². The number of aromatic amines is 1. The summed E-state index contributed by atoms with van der Waals surface area (Å²) in [6.07, 6.45) is 3.22. The Kier molecular flexibility index (Phi) is 2.71. The Hall–Kier alpha value is -1.05. The van der Waals surface area contributed by atoms with E-state index < -0.39 is 0 Å². The quantitative estimate of drug-likeness (QED) is 0.629. The van der Waals surface area contributed by atoms with Crippen LogP contribution in [0.15, 0.2) is 16.6 Å². The van der Waals surface area contributed by atoms with Crippen LogP contribution in [0.4, 0.5) is 5.13 Å².